The van der Waals surface area contributed by atoms with Crippen molar-refractivity contribution in [2.75, 3.05) is 11.4 Å². The van der Waals surface area contributed by atoms with E-state index in [1.54, 1.807) is 0 Å². The smallest absolute Gasteiger partial charge is 0.196 e. The molecule has 108 valence electrons. The van der Waals surface area contributed by atoms with Crippen LogP contribution in [-0.4, -0.2) is 18.5 Å². The molecule has 1 aliphatic carbocycles. The highest BCUT2D eigenvalue weighted by molar-refractivity contribution is 5.97. The standard InChI is InChI=1S/C17H25N3/c1-12-5-3-7-14(9-12)16-11-19-17(18)20(16)15-8-4-6-13(2)10-15/h4,6,8,10,12,14,16H,3,5,7,9,11H2,1-2H3,(H2,18,19). The third-order valence-electron chi connectivity index (χ3n) is 4.82. The van der Waals surface area contributed by atoms with Crippen molar-refractivity contribution in [3.63, 3.8) is 0 Å². The van der Waals surface area contributed by atoms with Crippen LogP contribution >= 0.6 is 0 Å². The van der Waals surface area contributed by atoms with Crippen LogP contribution < -0.4 is 10.6 Å². The molecule has 1 aromatic carbocycles. The van der Waals surface area contributed by atoms with Crippen LogP contribution in [0.5, 0.6) is 0 Å². The van der Waals surface area contributed by atoms with E-state index in [1.165, 1.54) is 36.9 Å². The van der Waals surface area contributed by atoms with Gasteiger partial charge >= 0.3 is 0 Å². The summed E-state index contributed by atoms with van der Waals surface area (Å²) in [5.74, 6) is 2.26. The van der Waals surface area contributed by atoms with Crippen LogP contribution in [0.15, 0.2) is 29.3 Å². The fourth-order valence-corrected chi connectivity index (χ4v) is 3.81. The minimum atomic E-state index is 0.458. The molecule has 2 N–H and O–H groups in total. The van der Waals surface area contributed by atoms with Gasteiger partial charge in [-0.3, -0.25) is 4.99 Å². The maximum absolute atomic E-state index is 6.17. The first-order chi connectivity index (χ1) is 9.65. The lowest BCUT2D eigenvalue weighted by atomic mass is 9.78. The molecule has 20 heavy (non-hydrogen) atoms. The average molecular weight is 271 g/mol. The fourth-order valence-electron chi connectivity index (χ4n) is 3.81. The number of hydrogen-bond donors (Lipinski definition) is 1. The second-order valence-electron chi connectivity index (χ2n) is 6.51. The molecule has 3 rings (SSSR count). The fraction of sp³-hybridized carbons (Fsp3) is 0.588. The van der Waals surface area contributed by atoms with Gasteiger partial charge in [-0.1, -0.05) is 31.9 Å². The topological polar surface area (TPSA) is 41.6 Å². The van der Waals surface area contributed by atoms with Gasteiger partial charge in [0.05, 0.1) is 12.6 Å². The van der Waals surface area contributed by atoms with Crippen molar-refractivity contribution in [3.8, 4) is 0 Å². The van der Waals surface area contributed by atoms with E-state index in [0.29, 0.717) is 12.0 Å². The highest BCUT2D eigenvalue weighted by Crippen LogP contribution is 2.36. The molecule has 3 nitrogen and oxygen atoms in total. The highest BCUT2D eigenvalue weighted by Gasteiger charge is 2.35. The van der Waals surface area contributed by atoms with Gasteiger partial charge in [-0.05, 0) is 49.3 Å². The molecular weight excluding hydrogens is 246 g/mol. The summed E-state index contributed by atoms with van der Waals surface area (Å²) < 4.78 is 0. The van der Waals surface area contributed by atoms with Crippen LogP contribution in [0.25, 0.3) is 0 Å². The normalized spacial score (nSPS) is 30.4. The summed E-state index contributed by atoms with van der Waals surface area (Å²) in [6.07, 6.45) is 5.36. The molecule has 3 heteroatoms. The van der Waals surface area contributed by atoms with Crippen molar-refractivity contribution >= 4 is 11.6 Å². The summed E-state index contributed by atoms with van der Waals surface area (Å²) in [5.41, 5.74) is 8.65. The zero-order valence-corrected chi connectivity index (χ0v) is 12.5. The Bertz CT molecular complexity index is 509. The monoisotopic (exact) mass is 271 g/mol. The number of benzene rings is 1. The minimum Gasteiger partial charge on any atom is -0.370 e. The molecule has 1 fully saturated rings. The third kappa shape index (κ3) is 2.54. The van der Waals surface area contributed by atoms with Gasteiger partial charge in [0.15, 0.2) is 5.96 Å². The molecular formula is C17H25N3. The van der Waals surface area contributed by atoms with Gasteiger partial charge in [-0.15, -0.1) is 0 Å². The largest absolute Gasteiger partial charge is 0.370 e. The minimum absolute atomic E-state index is 0.458. The maximum atomic E-state index is 6.17. The summed E-state index contributed by atoms with van der Waals surface area (Å²) in [6.45, 7) is 5.37. The number of nitrogens with zero attached hydrogens (tertiary/aromatic N) is 2. The first-order valence-electron chi connectivity index (χ1n) is 7.81. The second-order valence-corrected chi connectivity index (χ2v) is 6.51. The molecule has 0 radical (unpaired) electrons. The number of aliphatic imine (C=N–C) groups is 1. The Labute approximate surface area is 121 Å². The molecule has 1 saturated carbocycles. The zero-order chi connectivity index (χ0) is 14.1. The summed E-state index contributed by atoms with van der Waals surface area (Å²) in [4.78, 5) is 6.80. The Morgan fingerprint density at radius 3 is 2.90 bits per heavy atom. The van der Waals surface area contributed by atoms with E-state index in [-0.39, 0.29) is 0 Å². The van der Waals surface area contributed by atoms with Crippen LogP contribution in [0.2, 0.25) is 0 Å². The number of hydrogen-bond acceptors (Lipinski definition) is 3. The average Bonchev–Trinajstić information content (AvgIpc) is 2.80. The third-order valence-corrected chi connectivity index (χ3v) is 4.82. The molecule has 3 unspecified atom stereocenters. The summed E-state index contributed by atoms with van der Waals surface area (Å²) in [7, 11) is 0. The van der Waals surface area contributed by atoms with Crippen molar-refractivity contribution in [1.29, 1.82) is 0 Å². The Hall–Kier alpha value is -1.51. The van der Waals surface area contributed by atoms with Gasteiger partial charge in [0, 0.05) is 5.69 Å². The van der Waals surface area contributed by atoms with Gasteiger partial charge in [0.1, 0.15) is 0 Å². The first kappa shape index (κ1) is 13.5. The number of anilines is 1. The molecule has 2 aliphatic rings. The zero-order valence-electron chi connectivity index (χ0n) is 12.5. The summed E-state index contributed by atoms with van der Waals surface area (Å²) >= 11 is 0. The number of nitrogens with two attached hydrogens (primary N) is 1. The van der Waals surface area contributed by atoms with E-state index < -0.39 is 0 Å². The lowest BCUT2D eigenvalue weighted by molar-refractivity contribution is 0.253. The predicted octanol–water partition coefficient (Wildman–Crippen LogP) is 3.32. The van der Waals surface area contributed by atoms with Gasteiger partial charge in [-0.25, -0.2) is 0 Å². The van der Waals surface area contributed by atoms with Crippen LogP contribution in [0.4, 0.5) is 5.69 Å². The SMILES string of the molecule is Cc1cccc(N2C(N)=NCC2C2CCCC(C)C2)c1. The lowest BCUT2D eigenvalue weighted by Gasteiger charge is -2.36. The predicted molar refractivity (Wildman–Crippen MR) is 85.1 cm³/mol. The van der Waals surface area contributed by atoms with Crippen molar-refractivity contribution in [3.05, 3.63) is 29.8 Å². The van der Waals surface area contributed by atoms with Crippen molar-refractivity contribution in [1.82, 2.24) is 0 Å². The molecule has 3 atom stereocenters. The number of rotatable bonds is 2. The molecule has 1 aliphatic heterocycles. The van der Waals surface area contributed by atoms with E-state index in [9.17, 15) is 0 Å². The maximum Gasteiger partial charge on any atom is 0.196 e. The second kappa shape index (κ2) is 5.47. The van der Waals surface area contributed by atoms with E-state index in [4.69, 9.17) is 5.73 Å². The number of guanidine groups is 1. The van der Waals surface area contributed by atoms with Gasteiger partial charge in [0.2, 0.25) is 0 Å². The van der Waals surface area contributed by atoms with Crippen LogP contribution in [0, 0.1) is 18.8 Å². The number of aryl methyl sites for hydroxylation is 1. The van der Waals surface area contributed by atoms with Gasteiger partial charge in [0.25, 0.3) is 0 Å². The van der Waals surface area contributed by atoms with Crippen LogP contribution in [0.1, 0.15) is 38.2 Å². The van der Waals surface area contributed by atoms with Crippen molar-refractivity contribution < 1.29 is 0 Å². The quantitative estimate of drug-likeness (QED) is 0.896. The summed E-state index contributed by atoms with van der Waals surface area (Å²) in [6, 6.07) is 9.06. The van der Waals surface area contributed by atoms with Gasteiger partial charge in [-0.2, -0.15) is 0 Å². The molecule has 0 spiro atoms. The Balaban J connectivity index is 1.84. The summed E-state index contributed by atoms with van der Waals surface area (Å²) in [5, 5.41) is 0. The molecule has 0 bridgehead atoms. The lowest BCUT2D eigenvalue weighted by Crippen LogP contribution is -2.46. The molecule has 0 aromatic heterocycles. The van der Waals surface area contributed by atoms with Crippen LogP contribution in [0.3, 0.4) is 0 Å². The van der Waals surface area contributed by atoms with Crippen molar-refractivity contribution in [2.45, 2.75) is 45.6 Å². The van der Waals surface area contributed by atoms with Gasteiger partial charge < -0.3 is 10.6 Å². The van der Waals surface area contributed by atoms with E-state index >= 15 is 0 Å². The molecule has 1 aromatic rings. The van der Waals surface area contributed by atoms with E-state index in [0.717, 1.165) is 18.4 Å². The van der Waals surface area contributed by atoms with E-state index in [1.807, 2.05) is 0 Å². The molecule has 0 saturated heterocycles. The molecule has 0 amide bonds. The van der Waals surface area contributed by atoms with Crippen molar-refractivity contribution in [2.24, 2.45) is 22.6 Å². The molecule has 1 heterocycles. The Kier molecular flexibility index (Phi) is 3.68. The highest BCUT2D eigenvalue weighted by atomic mass is 15.3. The first-order valence-corrected chi connectivity index (χ1v) is 7.81. The Morgan fingerprint density at radius 1 is 1.30 bits per heavy atom. The van der Waals surface area contributed by atoms with Crippen LogP contribution in [-0.2, 0) is 0 Å². The Morgan fingerprint density at radius 2 is 2.15 bits per heavy atom. The van der Waals surface area contributed by atoms with E-state index in [2.05, 4.69) is 48.0 Å².